The van der Waals surface area contributed by atoms with E-state index in [9.17, 15) is 29.7 Å². The van der Waals surface area contributed by atoms with E-state index in [1.807, 2.05) is 42.8 Å². The van der Waals surface area contributed by atoms with Crippen LogP contribution < -0.4 is 11.0 Å². The fourth-order valence-electron chi connectivity index (χ4n) is 10.4. The third kappa shape index (κ3) is 4.68. The Morgan fingerprint density at radius 2 is 1.70 bits per heavy atom. The van der Waals surface area contributed by atoms with E-state index < -0.39 is 23.4 Å². The summed E-state index contributed by atoms with van der Waals surface area (Å²) in [5.74, 6) is 0.380. The molecule has 4 saturated carbocycles. The Hall–Kier alpha value is -2.33. The first-order valence-electron chi connectivity index (χ1n) is 16.4. The van der Waals surface area contributed by atoms with E-state index in [0.29, 0.717) is 18.4 Å². The van der Waals surface area contributed by atoms with Crippen molar-refractivity contribution in [2.24, 2.45) is 41.5 Å². The molecule has 4 aliphatic carbocycles. The highest BCUT2D eigenvalue weighted by Gasteiger charge is 2.68. The van der Waals surface area contributed by atoms with Crippen LogP contribution in [0.4, 0.5) is 0 Å². The van der Waals surface area contributed by atoms with E-state index >= 15 is 0 Å². The van der Waals surface area contributed by atoms with Crippen molar-refractivity contribution in [3.8, 4) is 0 Å². The average Bonchev–Trinajstić information content (AvgIpc) is 3.42. The molecule has 4 N–H and O–H groups in total. The third-order valence-electron chi connectivity index (χ3n) is 12.8. The first-order valence-corrected chi connectivity index (χ1v) is 16.4. The Morgan fingerprint density at radius 1 is 1.00 bits per heavy atom. The first-order chi connectivity index (χ1) is 20.5. The van der Waals surface area contributed by atoms with Crippen LogP contribution in [0.3, 0.4) is 0 Å². The summed E-state index contributed by atoms with van der Waals surface area (Å²) in [7, 11) is 1.85. The number of aliphatic hydroxyl groups excluding tert-OH is 2. The lowest BCUT2D eigenvalue weighted by molar-refractivity contribution is -0.180. The summed E-state index contributed by atoms with van der Waals surface area (Å²) in [6, 6.07) is 8.37. The summed E-state index contributed by atoms with van der Waals surface area (Å²) in [6.45, 7) is 5.46. The summed E-state index contributed by atoms with van der Waals surface area (Å²) in [5.41, 5.74) is -0.209. The fourth-order valence-corrected chi connectivity index (χ4v) is 10.4. The standard InChI is InChI=1S/C21H32O5.C13H17N3O/c1-19-7-5-13(23)9-12(19)3-4-14-15-6-8-21(26,17(25)11-22)20(15,2)10-16(24)18(14)19;1-15-11-4-2-3-5-12(11)16(13(15)17)10-6-8-14-9-7-10/h12-15,18,22-23,26H,3-11H2,1-2H3;2-5,10,14H,6-9H2,1H3/t12-,13-,14+,15+,18-,19+,20+,21+;/m1./s1. The number of ketones is 2. The number of piperidine rings is 1. The molecule has 0 bridgehead atoms. The molecule has 0 unspecified atom stereocenters. The maximum atomic E-state index is 13.4. The molecule has 236 valence electrons. The third-order valence-corrected chi connectivity index (χ3v) is 12.8. The number of benzene rings is 1. The highest BCUT2D eigenvalue weighted by molar-refractivity contribution is 5.92. The van der Waals surface area contributed by atoms with Crippen LogP contribution in [-0.2, 0) is 16.6 Å². The van der Waals surface area contributed by atoms with Crippen molar-refractivity contribution in [2.45, 2.75) is 95.8 Å². The number of nitrogens with zero attached hydrogens (tertiary/aromatic N) is 2. The van der Waals surface area contributed by atoms with E-state index in [-0.39, 0.29) is 47.2 Å². The van der Waals surface area contributed by atoms with E-state index in [0.717, 1.165) is 75.5 Å². The van der Waals surface area contributed by atoms with Gasteiger partial charge in [-0.3, -0.25) is 18.7 Å². The molecule has 7 rings (SSSR count). The van der Waals surface area contributed by atoms with Gasteiger partial charge in [0.2, 0.25) is 0 Å². The molecule has 1 aromatic heterocycles. The van der Waals surface area contributed by atoms with Gasteiger partial charge in [-0.2, -0.15) is 0 Å². The lowest BCUT2D eigenvalue weighted by Crippen LogP contribution is -2.62. The number of Topliss-reactive ketones (excluding diaryl/α,β-unsaturated/α-hetero) is 2. The van der Waals surface area contributed by atoms with Gasteiger partial charge in [0.1, 0.15) is 18.0 Å². The summed E-state index contributed by atoms with van der Waals surface area (Å²) < 4.78 is 3.72. The monoisotopic (exact) mass is 595 g/mol. The van der Waals surface area contributed by atoms with Crippen molar-refractivity contribution < 1.29 is 24.9 Å². The van der Waals surface area contributed by atoms with E-state index in [2.05, 4.69) is 12.2 Å². The van der Waals surface area contributed by atoms with Crippen LogP contribution >= 0.6 is 0 Å². The largest absolute Gasteiger partial charge is 0.393 e. The number of hydrogen-bond acceptors (Lipinski definition) is 7. The van der Waals surface area contributed by atoms with E-state index in [1.165, 1.54) is 0 Å². The van der Waals surface area contributed by atoms with Gasteiger partial charge in [0.15, 0.2) is 5.78 Å². The summed E-state index contributed by atoms with van der Waals surface area (Å²) in [6.07, 6.45) is 7.54. The molecule has 5 aliphatic rings. The minimum Gasteiger partial charge on any atom is -0.393 e. The first kappa shape index (κ1) is 30.7. The molecule has 5 fully saturated rings. The molecule has 9 heteroatoms. The summed E-state index contributed by atoms with van der Waals surface area (Å²) >= 11 is 0. The normalized spacial score (nSPS) is 39.4. The number of hydrogen-bond donors (Lipinski definition) is 4. The number of aromatic nitrogens is 2. The molecular weight excluding hydrogens is 546 g/mol. The molecule has 1 saturated heterocycles. The predicted octanol–water partition coefficient (Wildman–Crippen LogP) is 3.13. The minimum absolute atomic E-state index is 0.0154. The lowest BCUT2D eigenvalue weighted by atomic mass is 9.44. The zero-order chi connectivity index (χ0) is 30.7. The van der Waals surface area contributed by atoms with Crippen molar-refractivity contribution >= 4 is 22.6 Å². The van der Waals surface area contributed by atoms with Crippen molar-refractivity contribution in [2.75, 3.05) is 19.7 Å². The van der Waals surface area contributed by atoms with Gasteiger partial charge in [0.25, 0.3) is 0 Å². The van der Waals surface area contributed by atoms with Crippen LogP contribution in [0.5, 0.6) is 0 Å². The molecule has 0 amide bonds. The fraction of sp³-hybridized carbons (Fsp3) is 0.735. The zero-order valence-electron chi connectivity index (χ0n) is 25.9. The van der Waals surface area contributed by atoms with Gasteiger partial charge in [0, 0.05) is 30.8 Å². The molecule has 0 radical (unpaired) electrons. The minimum atomic E-state index is -1.58. The Labute approximate surface area is 253 Å². The quantitative estimate of drug-likeness (QED) is 0.429. The second-order valence-electron chi connectivity index (χ2n) is 14.7. The van der Waals surface area contributed by atoms with Gasteiger partial charge in [0.05, 0.1) is 17.1 Å². The highest BCUT2D eigenvalue weighted by atomic mass is 16.3. The number of aliphatic hydroxyl groups is 3. The number of rotatable bonds is 3. The molecule has 43 heavy (non-hydrogen) atoms. The molecule has 0 spiro atoms. The van der Waals surface area contributed by atoms with Crippen molar-refractivity contribution in [3.63, 3.8) is 0 Å². The summed E-state index contributed by atoms with van der Waals surface area (Å²) in [5, 5.41) is 34.0. The van der Waals surface area contributed by atoms with Crippen LogP contribution in [0, 0.1) is 34.5 Å². The number of nitrogens with one attached hydrogen (secondary N) is 1. The Bertz CT molecular complexity index is 1440. The van der Waals surface area contributed by atoms with Gasteiger partial charge in [-0.1, -0.05) is 26.0 Å². The smallest absolute Gasteiger partial charge is 0.329 e. The zero-order valence-corrected chi connectivity index (χ0v) is 25.9. The predicted molar refractivity (Wildman–Crippen MR) is 163 cm³/mol. The number of fused-ring (bicyclic) bond motifs is 6. The maximum absolute atomic E-state index is 13.4. The van der Waals surface area contributed by atoms with E-state index in [1.54, 1.807) is 4.57 Å². The van der Waals surface area contributed by atoms with Gasteiger partial charge < -0.3 is 20.6 Å². The molecule has 2 heterocycles. The maximum Gasteiger partial charge on any atom is 0.329 e. The van der Waals surface area contributed by atoms with Gasteiger partial charge in [-0.25, -0.2) is 4.79 Å². The molecule has 1 aliphatic heterocycles. The topological polar surface area (TPSA) is 134 Å². The molecule has 8 atom stereocenters. The lowest BCUT2D eigenvalue weighted by Gasteiger charge is -2.60. The van der Waals surface area contributed by atoms with Gasteiger partial charge in [-0.05, 0) is 106 Å². The van der Waals surface area contributed by atoms with Gasteiger partial charge in [-0.15, -0.1) is 0 Å². The molecular formula is C34H49N3O6. The second-order valence-corrected chi connectivity index (χ2v) is 14.7. The number of carbonyl (C=O) groups excluding carboxylic acids is 2. The average molecular weight is 596 g/mol. The highest BCUT2D eigenvalue weighted by Crippen LogP contribution is 2.67. The Balaban J connectivity index is 0.000000167. The van der Waals surface area contributed by atoms with Crippen LogP contribution in [0.25, 0.3) is 11.0 Å². The number of para-hydroxylation sites is 2. The molecule has 2 aromatic rings. The number of aryl methyl sites for hydroxylation is 1. The molecule has 9 nitrogen and oxygen atoms in total. The van der Waals surface area contributed by atoms with Crippen molar-refractivity contribution in [3.05, 3.63) is 34.7 Å². The van der Waals surface area contributed by atoms with Crippen LogP contribution in [0.15, 0.2) is 29.1 Å². The van der Waals surface area contributed by atoms with Gasteiger partial charge >= 0.3 is 5.69 Å². The molecule has 1 aromatic carbocycles. The number of imidazole rings is 1. The van der Waals surface area contributed by atoms with Crippen LogP contribution in [0.1, 0.15) is 84.1 Å². The van der Waals surface area contributed by atoms with Crippen LogP contribution in [-0.4, -0.2) is 67.4 Å². The van der Waals surface area contributed by atoms with Crippen molar-refractivity contribution in [1.82, 2.24) is 14.5 Å². The Kier molecular flexibility index (Phi) is 8.02. The summed E-state index contributed by atoms with van der Waals surface area (Å²) in [4.78, 5) is 38.0. The number of carbonyl (C=O) groups is 2. The van der Waals surface area contributed by atoms with Crippen LogP contribution in [0.2, 0.25) is 0 Å². The van der Waals surface area contributed by atoms with E-state index in [4.69, 9.17) is 0 Å². The Morgan fingerprint density at radius 3 is 2.40 bits per heavy atom. The second kappa shape index (κ2) is 11.2. The van der Waals surface area contributed by atoms with Crippen molar-refractivity contribution in [1.29, 1.82) is 0 Å². The SMILES string of the molecule is C[C@]12CC[C@@H](O)C[C@H]1CC[C@@H]1[C@@H]2C(=O)C[C@@]2(C)[C@H]1CC[C@]2(O)C(=O)CO.Cn1c(=O)n(C2CCNCC2)c2ccccc21.